The Hall–Kier alpha value is -1.04. The first-order chi connectivity index (χ1) is 7.48. The fourth-order valence-electron chi connectivity index (χ4n) is 1.99. The van der Waals surface area contributed by atoms with Crippen molar-refractivity contribution >= 4 is 13.3 Å². The fourth-order valence-corrected chi connectivity index (χ4v) is 4.81. The van der Waals surface area contributed by atoms with Gasteiger partial charge in [-0.3, -0.25) is 0 Å². The van der Waals surface area contributed by atoms with Crippen LogP contribution in [0.4, 0.5) is 0 Å². The van der Waals surface area contributed by atoms with Crippen molar-refractivity contribution in [2.75, 3.05) is 0 Å². The van der Waals surface area contributed by atoms with Crippen molar-refractivity contribution in [3.63, 3.8) is 0 Å². The molecule has 86 valence electrons. The zero-order valence-corrected chi connectivity index (χ0v) is 11.5. The molecule has 1 atom stereocenters. The van der Waals surface area contributed by atoms with E-state index in [-0.39, 0.29) is 0 Å². The molecule has 0 spiro atoms. The minimum atomic E-state index is -1.97. The summed E-state index contributed by atoms with van der Waals surface area (Å²) in [6.07, 6.45) is 0.682. The Bertz CT molecular complexity index is 400. The summed E-state index contributed by atoms with van der Waals surface area (Å²) >= 11 is 0. The standard InChI is InChI=1S/C14H20OSi/c1-5-12-14(15,6-2)16(3,4)13-10-8-7-9-11-13/h7-11,15H,6H2,1-4H3. The number of benzene rings is 1. The average molecular weight is 232 g/mol. The smallest absolute Gasteiger partial charge is 0.132 e. The first-order valence-electron chi connectivity index (χ1n) is 5.69. The third kappa shape index (κ3) is 2.21. The lowest BCUT2D eigenvalue weighted by molar-refractivity contribution is 0.173. The Kier molecular flexibility index (Phi) is 3.96. The van der Waals surface area contributed by atoms with E-state index in [0.29, 0.717) is 6.42 Å². The van der Waals surface area contributed by atoms with Crippen LogP contribution in [0, 0.1) is 11.8 Å². The molecular formula is C14H20OSi. The zero-order chi connectivity index (χ0) is 12.2. The zero-order valence-electron chi connectivity index (χ0n) is 10.5. The fraction of sp³-hybridized carbons (Fsp3) is 0.429. The Morgan fingerprint density at radius 1 is 1.25 bits per heavy atom. The second kappa shape index (κ2) is 4.86. The molecule has 0 amide bonds. The van der Waals surface area contributed by atoms with Gasteiger partial charge in [0.1, 0.15) is 13.3 Å². The van der Waals surface area contributed by atoms with E-state index in [1.54, 1.807) is 6.92 Å². The van der Waals surface area contributed by atoms with E-state index < -0.39 is 13.3 Å². The summed E-state index contributed by atoms with van der Waals surface area (Å²) in [5, 5.41) is 11.1. The van der Waals surface area contributed by atoms with Gasteiger partial charge in [-0.15, -0.1) is 5.92 Å². The molecule has 2 heteroatoms. The van der Waals surface area contributed by atoms with Gasteiger partial charge in [0, 0.05) is 0 Å². The van der Waals surface area contributed by atoms with Crippen molar-refractivity contribution < 1.29 is 5.11 Å². The van der Waals surface area contributed by atoms with Gasteiger partial charge in [-0.2, -0.15) is 0 Å². The molecule has 0 aromatic heterocycles. The third-order valence-electron chi connectivity index (χ3n) is 3.37. The number of aliphatic hydroxyl groups is 1. The van der Waals surface area contributed by atoms with Crippen LogP contribution in [0.2, 0.25) is 13.1 Å². The minimum Gasteiger partial charge on any atom is -0.381 e. The van der Waals surface area contributed by atoms with Crippen molar-refractivity contribution in [2.24, 2.45) is 0 Å². The molecule has 0 aliphatic carbocycles. The van der Waals surface area contributed by atoms with E-state index in [9.17, 15) is 5.11 Å². The van der Waals surface area contributed by atoms with Gasteiger partial charge in [0.05, 0.1) is 0 Å². The molecule has 1 N–H and O–H groups in total. The van der Waals surface area contributed by atoms with Crippen LogP contribution in [0.25, 0.3) is 0 Å². The molecule has 1 aromatic rings. The lowest BCUT2D eigenvalue weighted by Gasteiger charge is -2.37. The average Bonchev–Trinajstić information content (AvgIpc) is 2.30. The second-order valence-electron chi connectivity index (χ2n) is 4.58. The monoisotopic (exact) mass is 232 g/mol. The van der Waals surface area contributed by atoms with Crippen LogP contribution >= 0.6 is 0 Å². The molecule has 16 heavy (non-hydrogen) atoms. The Morgan fingerprint density at radius 3 is 2.25 bits per heavy atom. The topological polar surface area (TPSA) is 20.2 Å². The van der Waals surface area contributed by atoms with Crippen molar-refractivity contribution in [2.45, 2.75) is 38.6 Å². The highest BCUT2D eigenvalue weighted by molar-refractivity contribution is 6.92. The van der Waals surface area contributed by atoms with Gasteiger partial charge in [0.25, 0.3) is 0 Å². The minimum absolute atomic E-state index is 0.682. The molecule has 0 radical (unpaired) electrons. The molecule has 0 saturated carbocycles. The largest absolute Gasteiger partial charge is 0.381 e. The van der Waals surface area contributed by atoms with E-state index in [4.69, 9.17) is 0 Å². The molecule has 0 bridgehead atoms. The molecule has 1 rings (SSSR count). The maximum atomic E-state index is 10.7. The Balaban J connectivity index is 3.22. The molecule has 0 saturated heterocycles. The number of hydrogen-bond donors (Lipinski definition) is 1. The van der Waals surface area contributed by atoms with Crippen molar-refractivity contribution in [1.82, 2.24) is 0 Å². The molecule has 1 nitrogen and oxygen atoms in total. The normalized spacial score (nSPS) is 14.8. The summed E-state index contributed by atoms with van der Waals surface area (Å²) in [7, 11) is -1.97. The summed E-state index contributed by atoms with van der Waals surface area (Å²) < 4.78 is 0. The first-order valence-corrected chi connectivity index (χ1v) is 8.69. The predicted octanol–water partition coefficient (Wildman–Crippen LogP) is 2.31. The molecule has 0 fully saturated rings. The van der Waals surface area contributed by atoms with Crippen molar-refractivity contribution in [3.8, 4) is 11.8 Å². The van der Waals surface area contributed by atoms with Gasteiger partial charge >= 0.3 is 0 Å². The van der Waals surface area contributed by atoms with Crippen molar-refractivity contribution in [1.29, 1.82) is 0 Å². The van der Waals surface area contributed by atoms with Gasteiger partial charge in [-0.05, 0) is 13.3 Å². The van der Waals surface area contributed by atoms with Crippen LogP contribution in [-0.2, 0) is 0 Å². The van der Waals surface area contributed by atoms with E-state index in [1.165, 1.54) is 5.19 Å². The van der Waals surface area contributed by atoms with E-state index >= 15 is 0 Å². The van der Waals surface area contributed by atoms with Crippen LogP contribution in [0.3, 0.4) is 0 Å². The lowest BCUT2D eigenvalue weighted by atomic mass is 10.3. The van der Waals surface area contributed by atoms with Crippen LogP contribution in [-0.4, -0.2) is 18.4 Å². The highest BCUT2D eigenvalue weighted by atomic mass is 28.3. The van der Waals surface area contributed by atoms with Gasteiger partial charge in [0.15, 0.2) is 0 Å². The Labute approximate surface area is 99.5 Å². The van der Waals surface area contributed by atoms with Crippen LogP contribution < -0.4 is 5.19 Å². The van der Waals surface area contributed by atoms with Gasteiger partial charge in [-0.25, -0.2) is 0 Å². The molecular weight excluding hydrogens is 212 g/mol. The predicted molar refractivity (Wildman–Crippen MR) is 72.2 cm³/mol. The second-order valence-corrected chi connectivity index (χ2v) is 9.23. The number of hydrogen-bond acceptors (Lipinski definition) is 1. The Morgan fingerprint density at radius 2 is 1.81 bits per heavy atom. The van der Waals surface area contributed by atoms with Crippen molar-refractivity contribution in [3.05, 3.63) is 30.3 Å². The summed E-state index contributed by atoms with van der Waals surface area (Å²) in [6, 6.07) is 10.3. The highest BCUT2D eigenvalue weighted by Crippen LogP contribution is 2.23. The summed E-state index contributed by atoms with van der Waals surface area (Å²) in [5.41, 5.74) is 0. The summed E-state index contributed by atoms with van der Waals surface area (Å²) in [4.78, 5) is 0. The number of rotatable bonds is 3. The van der Waals surface area contributed by atoms with E-state index in [0.717, 1.165) is 0 Å². The third-order valence-corrected chi connectivity index (χ3v) is 7.70. The van der Waals surface area contributed by atoms with E-state index in [1.807, 2.05) is 25.1 Å². The van der Waals surface area contributed by atoms with Gasteiger partial charge in [-0.1, -0.05) is 61.5 Å². The molecule has 0 aliphatic rings. The summed E-state index contributed by atoms with van der Waals surface area (Å²) in [6.45, 7) is 8.14. The first kappa shape index (κ1) is 13.0. The summed E-state index contributed by atoms with van der Waals surface area (Å²) in [5.74, 6) is 5.88. The van der Waals surface area contributed by atoms with Crippen LogP contribution in [0.5, 0.6) is 0 Å². The molecule has 1 aromatic carbocycles. The van der Waals surface area contributed by atoms with Gasteiger partial charge < -0.3 is 5.11 Å². The van der Waals surface area contributed by atoms with Crippen LogP contribution in [0.15, 0.2) is 30.3 Å². The molecule has 0 aliphatic heterocycles. The quantitative estimate of drug-likeness (QED) is 0.626. The van der Waals surface area contributed by atoms with Gasteiger partial charge in [0.2, 0.25) is 0 Å². The lowest BCUT2D eigenvalue weighted by Crippen LogP contribution is -2.61. The SMILES string of the molecule is CC#CC(O)(CC)[Si](C)(C)c1ccccc1. The van der Waals surface area contributed by atoms with E-state index in [2.05, 4.69) is 37.1 Å². The molecule has 1 unspecified atom stereocenters. The maximum absolute atomic E-state index is 10.7. The molecule has 0 heterocycles. The highest BCUT2D eigenvalue weighted by Gasteiger charge is 2.44. The van der Waals surface area contributed by atoms with Crippen LogP contribution in [0.1, 0.15) is 20.3 Å². The maximum Gasteiger partial charge on any atom is 0.132 e.